The second kappa shape index (κ2) is 9.36. The fraction of sp³-hybridized carbons (Fsp3) is 0.300. The number of nitrogens with zero attached hydrogens (tertiary/aromatic N) is 1. The zero-order chi connectivity index (χ0) is 17.2. The molecule has 124 valence electrons. The number of anilines is 1. The number of unbranched alkanes of at least 4 members (excludes halogenated alkanes) is 2. The number of hydrogen-bond donors (Lipinski definition) is 2. The molecule has 0 spiro atoms. The van der Waals surface area contributed by atoms with Crippen molar-refractivity contribution in [2.24, 2.45) is 0 Å². The average molecular weight is 321 g/mol. The Kier molecular flexibility index (Phi) is 6.85. The third-order valence-electron chi connectivity index (χ3n) is 3.80. The molecule has 0 fully saturated rings. The summed E-state index contributed by atoms with van der Waals surface area (Å²) in [6.45, 7) is 2.83. The van der Waals surface area contributed by atoms with Crippen LogP contribution in [0.3, 0.4) is 0 Å². The van der Waals surface area contributed by atoms with E-state index in [1.807, 2.05) is 42.5 Å². The zero-order valence-corrected chi connectivity index (χ0v) is 14.0. The first-order valence-corrected chi connectivity index (χ1v) is 8.34. The summed E-state index contributed by atoms with van der Waals surface area (Å²) in [5, 5.41) is 15.2. The van der Waals surface area contributed by atoms with Crippen LogP contribution in [0.15, 0.2) is 54.6 Å². The molecule has 2 aromatic rings. The molecule has 0 radical (unpaired) electrons. The quantitative estimate of drug-likeness (QED) is 0.722. The lowest BCUT2D eigenvalue weighted by atomic mass is 10.1. The molecule has 24 heavy (non-hydrogen) atoms. The summed E-state index contributed by atoms with van der Waals surface area (Å²) >= 11 is 0. The molecule has 0 aliphatic heterocycles. The van der Waals surface area contributed by atoms with Gasteiger partial charge in [0.05, 0.1) is 11.6 Å². The summed E-state index contributed by atoms with van der Waals surface area (Å²) in [5.41, 5.74) is 2.32. The van der Waals surface area contributed by atoms with Crippen LogP contribution in [0.4, 0.5) is 5.69 Å². The lowest BCUT2D eigenvalue weighted by molar-refractivity contribution is -0.121. The molecule has 1 amide bonds. The van der Waals surface area contributed by atoms with Crippen molar-refractivity contribution < 1.29 is 4.79 Å². The van der Waals surface area contributed by atoms with Crippen molar-refractivity contribution in [1.82, 2.24) is 5.32 Å². The Morgan fingerprint density at radius 3 is 2.42 bits per heavy atom. The molecule has 4 heteroatoms. The van der Waals surface area contributed by atoms with E-state index in [-0.39, 0.29) is 5.91 Å². The number of rotatable bonds is 8. The molecule has 0 heterocycles. The minimum Gasteiger partial charge on any atom is -0.370 e. The van der Waals surface area contributed by atoms with E-state index in [0.29, 0.717) is 12.1 Å². The maximum atomic E-state index is 12.6. The minimum atomic E-state index is -0.458. The van der Waals surface area contributed by atoms with Gasteiger partial charge in [0.15, 0.2) is 0 Å². The molecule has 0 bridgehead atoms. The van der Waals surface area contributed by atoms with E-state index in [1.165, 1.54) is 0 Å². The molecule has 4 nitrogen and oxygen atoms in total. The molecule has 0 aliphatic rings. The first-order valence-electron chi connectivity index (χ1n) is 8.34. The van der Waals surface area contributed by atoms with Gasteiger partial charge in [-0.05, 0) is 36.2 Å². The second-order valence-electron chi connectivity index (χ2n) is 5.68. The minimum absolute atomic E-state index is 0.0401. The Bertz CT molecular complexity index is 674. The normalized spacial score (nSPS) is 11.3. The van der Waals surface area contributed by atoms with E-state index in [4.69, 9.17) is 5.26 Å². The highest BCUT2D eigenvalue weighted by Gasteiger charge is 2.19. The number of benzene rings is 2. The third-order valence-corrected chi connectivity index (χ3v) is 3.80. The highest BCUT2D eigenvalue weighted by Crippen LogP contribution is 2.20. The van der Waals surface area contributed by atoms with Gasteiger partial charge in [0.2, 0.25) is 5.91 Å². The molecular formula is C20H23N3O. The molecule has 0 aliphatic carbocycles. The van der Waals surface area contributed by atoms with Crippen molar-refractivity contribution in [3.8, 4) is 6.07 Å². The average Bonchev–Trinajstić information content (AvgIpc) is 2.64. The van der Waals surface area contributed by atoms with E-state index in [1.54, 1.807) is 12.1 Å². The predicted octanol–water partition coefficient (Wildman–Crippen LogP) is 4.02. The number of carbonyl (C=O) groups excluding carboxylic acids is 1. The van der Waals surface area contributed by atoms with E-state index < -0.39 is 6.04 Å². The van der Waals surface area contributed by atoms with Gasteiger partial charge in [0.25, 0.3) is 0 Å². The van der Waals surface area contributed by atoms with Crippen LogP contribution in [0.2, 0.25) is 0 Å². The molecule has 1 atom stereocenters. The van der Waals surface area contributed by atoms with Crippen molar-refractivity contribution in [3.05, 3.63) is 65.7 Å². The summed E-state index contributed by atoms with van der Waals surface area (Å²) in [4.78, 5) is 12.6. The summed E-state index contributed by atoms with van der Waals surface area (Å²) in [6.07, 6.45) is 3.22. The molecule has 2 aromatic carbocycles. The van der Waals surface area contributed by atoms with Gasteiger partial charge in [0, 0.05) is 12.2 Å². The maximum Gasteiger partial charge on any atom is 0.247 e. The van der Waals surface area contributed by atoms with Crippen molar-refractivity contribution >= 4 is 11.6 Å². The van der Waals surface area contributed by atoms with Gasteiger partial charge in [-0.1, -0.05) is 50.1 Å². The van der Waals surface area contributed by atoms with Crippen LogP contribution in [0.25, 0.3) is 0 Å². The fourth-order valence-corrected chi connectivity index (χ4v) is 2.44. The Morgan fingerprint density at radius 1 is 1.08 bits per heavy atom. The van der Waals surface area contributed by atoms with Crippen LogP contribution in [0, 0.1) is 11.3 Å². The maximum absolute atomic E-state index is 12.6. The Balaban J connectivity index is 2.10. The molecule has 0 aromatic heterocycles. The smallest absolute Gasteiger partial charge is 0.247 e. The monoisotopic (exact) mass is 321 g/mol. The zero-order valence-electron chi connectivity index (χ0n) is 14.0. The van der Waals surface area contributed by atoms with Crippen molar-refractivity contribution in [1.29, 1.82) is 5.26 Å². The van der Waals surface area contributed by atoms with Crippen LogP contribution in [0.1, 0.15) is 43.4 Å². The SMILES string of the molecule is CCCCCNC(=O)C(Nc1ccc(C#N)cc1)c1ccccc1. The largest absolute Gasteiger partial charge is 0.370 e. The van der Waals surface area contributed by atoms with Crippen LogP contribution in [-0.4, -0.2) is 12.5 Å². The molecular weight excluding hydrogens is 298 g/mol. The van der Waals surface area contributed by atoms with Crippen molar-refractivity contribution in [2.75, 3.05) is 11.9 Å². The second-order valence-corrected chi connectivity index (χ2v) is 5.68. The summed E-state index contributed by atoms with van der Waals surface area (Å²) in [6, 6.07) is 18.4. The number of hydrogen-bond acceptors (Lipinski definition) is 3. The lowest BCUT2D eigenvalue weighted by Gasteiger charge is -2.20. The van der Waals surface area contributed by atoms with E-state index >= 15 is 0 Å². The molecule has 1 unspecified atom stereocenters. The highest BCUT2D eigenvalue weighted by molar-refractivity contribution is 5.86. The summed E-state index contributed by atoms with van der Waals surface area (Å²) in [5.74, 6) is -0.0401. The van der Waals surface area contributed by atoms with Gasteiger partial charge in [-0.3, -0.25) is 4.79 Å². The standard InChI is InChI=1S/C20H23N3O/c1-2-3-7-14-22-20(24)19(17-8-5-4-6-9-17)23-18-12-10-16(15-21)11-13-18/h4-6,8-13,19,23H,2-3,7,14H2,1H3,(H,22,24). The van der Waals surface area contributed by atoms with E-state index in [9.17, 15) is 4.79 Å². The third kappa shape index (κ3) is 5.13. The Morgan fingerprint density at radius 2 is 1.79 bits per heavy atom. The van der Waals surface area contributed by atoms with E-state index in [0.717, 1.165) is 30.5 Å². The number of amides is 1. The topological polar surface area (TPSA) is 64.9 Å². The number of nitrogens with one attached hydrogen (secondary N) is 2. The van der Waals surface area contributed by atoms with E-state index in [2.05, 4.69) is 23.6 Å². The summed E-state index contributed by atoms with van der Waals surface area (Å²) < 4.78 is 0. The first-order chi connectivity index (χ1) is 11.7. The molecule has 0 saturated carbocycles. The van der Waals surface area contributed by atoms with Gasteiger partial charge in [0.1, 0.15) is 6.04 Å². The van der Waals surface area contributed by atoms with Crippen LogP contribution in [0.5, 0.6) is 0 Å². The van der Waals surface area contributed by atoms with Gasteiger partial charge in [-0.2, -0.15) is 5.26 Å². The van der Waals surface area contributed by atoms with Gasteiger partial charge < -0.3 is 10.6 Å². The lowest BCUT2D eigenvalue weighted by Crippen LogP contribution is -2.34. The van der Waals surface area contributed by atoms with Crippen LogP contribution >= 0.6 is 0 Å². The Hall–Kier alpha value is -2.80. The summed E-state index contributed by atoms with van der Waals surface area (Å²) in [7, 11) is 0. The number of carbonyl (C=O) groups is 1. The Labute approximate surface area is 143 Å². The first kappa shape index (κ1) is 17.6. The molecule has 0 saturated heterocycles. The van der Waals surface area contributed by atoms with Crippen molar-refractivity contribution in [2.45, 2.75) is 32.2 Å². The highest BCUT2D eigenvalue weighted by atomic mass is 16.2. The fourth-order valence-electron chi connectivity index (χ4n) is 2.44. The molecule has 2 N–H and O–H groups in total. The van der Waals surface area contributed by atoms with Gasteiger partial charge in [-0.15, -0.1) is 0 Å². The van der Waals surface area contributed by atoms with Gasteiger partial charge in [-0.25, -0.2) is 0 Å². The van der Waals surface area contributed by atoms with Gasteiger partial charge >= 0.3 is 0 Å². The van der Waals surface area contributed by atoms with Crippen molar-refractivity contribution in [3.63, 3.8) is 0 Å². The predicted molar refractivity (Wildman–Crippen MR) is 96.5 cm³/mol. The number of nitriles is 1. The van der Waals surface area contributed by atoms with Crippen LogP contribution < -0.4 is 10.6 Å². The van der Waals surface area contributed by atoms with Crippen LogP contribution in [-0.2, 0) is 4.79 Å². The molecule has 2 rings (SSSR count).